The summed E-state index contributed by atoms with van der Waals surface area (Å²) in [7, 11) is 0. The number of rotatable bonds is 6. The molecule has 0 aliphatic carbocycles. The zero-order chi connectivity index (χ0) is 12.0. The van der Waals surface area contributed by atoms with Gasteiger partial charge in [0.2, 0.25) is 0 Å². The van der Waals surface area contributed by atoms with Crippen molar-refractivity contribution in [3.8, 4) is 5.75 Å². The van der Waals surface area contributed by atoms with Crippen molar-refractivity contribution in [1.29, 1.82) is 0 Å². The fourth-order valence-electron chi connectivity index (χ4n) is 1.25. The summed E-state index contributed by atoms with van der Waals surface area (Å²) in [6.07, 6.45) is 0. The number of hydrogen-bond acceptors (Lipinski definition) is 2. The third-order valence-electron chi connectivity index (χ3n) is 2.20. The Balaban J connectivity index is 2.42. The Bertz CT molecular complexity index is 363. The Morgan fingerprint density at radius 1 is 1.50 bits per heavy atom. The van der Waals surface area contributed by atoms with E-state index >= 15 is 0 Å². The lowest BCUT2D eigenvalue weighted by Crippen LogP contribution is -2.18. The second-order valence-electron chi connectivity index (χ2n) is 3.73. The zero-order valence-electron chi connectivity index (χ0n) is 9.85. The summed E-state index contributed by atoms with van der Waals surface area (Å²) in [5.74, 6) is 0.887. The molecule has 88 valence electrons. The molecule has 16 heavy (non-hydrogen) atoms. The van der Waals surface area contributed by atoms with E-state index in [4.69, 9.17) is 4.74 Å². The highest BCUT2D eigenvalue weighted by atomic mass is 79.9. The number of ether oxygens (including phenoxy) is 1. The number of hydrogen-bond donors (Lipinski definition) is 1. The highest BCUT2D eigenvalue weighted by Gasteiger charge is 1.99. The van der Waals surface area contributed by atoms with Crippen LogP contribution in [0.1, 0.15) is 12.5 Å². The Morgan fingerprint density at radius 3 is 2.88 bits per heavy atom. The van der Waals surface area contributed by atoms with Gasteiger partial charge in [-0.2, -0.15) is 0 Å². The highest BCUT2D eigenvalue weighted by molar-refractivity contribution is 9.10. The topological polar surface area (TPSA) is 21.3 Å². The Morgan fingerprint density at radius 2 is 2.25 bits per heavy atom. The van der Waals surface area contributed by atoms with E-state index in [2.05, 4.69) is 34.7 Å². The van der Waals surface area contributed by atoms with Gasteiger partial charge in [-0.25, -0.2) is 0 Å². The molecule has 0 heterocycles. The predicted octanol–water partition coefficient (Wildman–Crippen LogP) is 3.30. The minimum Gasteiger partial charge on any atom is -0.489 e. The second kappa shape index (κ2) is 6.71. The van der Waals surface area contributed by atoms with Gasteiger partial charge in [0.05, 0.1) is 0 Å². The van der Waals surface area contributed by atoms with E-state index in [1.54, 1.807) is 0 Å². The SMILES string of the molecule is C=C(CNCC)COc1ccc(Br)c(C)c1. The van der Waals surface area contributed by atoms with Crippen LogP contribution in [0.25, 0.3) is 0 Å². The smallest absolute Gasteiger partial charge is 0.120 e. The first kappa shape index (κ1) is 13.3. The summed E-state index contributed by atoms with van der Waals surface area (Å²) in [6.45, 7) is 10.4. The van der Waals surface area contributed by atoms with Gasteiger partial charge in [-0.15, -0.1) is 0 Å². The lowest BCUT2D eigenvalue weighted by molar-refractivity contribution is 0.348. The van der Waals surface area contributed by atoms with Crippen molar-refractivity contribution in [2.45, 2.75) is 13.8 Å². The molecule has 2 nitrogen and oxygen atoms in total. The number of halogens is 1. The largest absolute Gasteiger partial charge is 0.489 e. The third kappa shape index (κ3) is 4.37. The molecule has 0 fully saturated rings. The van der Waals surface area contributed by atoms with Crippen molar-refractivity contribution in [3.05, 3.63) is 40.4 Å². The molecule has 3 heteroatoms. The molecule has 0 amide bonds. The van der Waals surface area contributed by atoms with Gasteiger partial charge in [0.1, 0.15) is 12.4 Å². The molecule has 1 N–H and O–H groups in total. The maximum Gasteiger partial charge on any atom is 0.120 e. The van der Waals surface area contributed by atoms with Gasteiger partial charge in [0.25, 0.3) is 0 Å². The first-order valence-corrected chi connectivity index (χ1v) is 6.19. The lowest BCUT2D eigenvalue weighted by Gasteiger charge is -2.10. The monoisotopic (exact) mass is 283 g/mol. The molecule has 0 bridgehead atoms. The Labute approximate surface area is 106 Å². The van der Waals surface area contributed by atoms with E-state index in [9.17, 15) is 0 Å². The zero-order valence-corrected chi connectivity index (χ0v) is 11.4. The van der Waals surface area contributed by atoms with Crippen molar-refractivity contribution in [3.63, 3.8) is 0 Å². The average Bonchev–Trinajstić information content (AvgIpc) is 2.28. The minimum atomic E-state index is 0.564. The molecule has 0 spiro atoms. The van der Waals surface area contributed by atoms with Crippen molar-refractivity contribution in [2.75, 3.05) is 19.7 Å². The molecule has 0 unspecified atom stereocenters. The lowest BCUT2D eigenvalue weighted by atomic mass is 10.2. The molecule has 0 radical (unpaired) electrons. The summed E-state index contributed by atoms with van der Waals surface area (Å²) >= 11 is 3.46. The summed E-state index contributed by atoms with van der Waals surface area (Å²) in [5.41, 5.74) is 2.23. The van der Waals surface area contributed by atoms with Gasteiger partial charge >= 0.3 is 0 Å². The highest BCUT2D eigenvalue weighted by Crippen LogP contribution is 2.21. The standard InChI is InChI=1S/C13H18BrNO/c1-4-15-8-10(2)9-16-12-5-6-13(14)11(3)7-12/h5-7,15H,2,4,8-9H2,1,3H3. The number of aryl methyl sites for hydroxylation is 1. The van der Waals surface area contributed by atoms with Crippen molar-refractivity contribution < 1.29 is 4.74 Å². The van der Waals surface area contributed by atoms with Crippen LogP contribution >= 0.6 is 15.9 Å². The van der Waals surface area contributed by atoms with Gasteiger partial charge < -0.3 is 10.1 Å². The molecule has 0 aromatic heterocycles. The molecule has 0 atom stereocenters. The number of benzene rings is 1. The molecular formula is C13H18BrNO. The fourth-order valence-corrected chi connectivity index (χ4v) is 1.49. The Hall–Kier alpha value is -0.800. The molecule has 0 saturated carbocycles. The average molecular weight is 284 g/mol. The summed E-state index contributed by atoms with van der Waals surface area (Å²) < 4.78 is 6.74. The van der Waals surface area contributed by atoms with Crippen LogP contribution in [0.3, 0.4) is 0 Å². The molecule has 1 aromatic rings. The molecule has 1 aromatic carbocycles. The van der Waals surface area contributed by atoms with Gasteiger partial charge in [-0.1, -0.05) is 29.4 Å². The normalized spacial score (nSPS) is 10.2. The van der Waals surface area contributed by atoms with Crippen LogP contribution in [0.15, 0.2) is 34.8 Å². The van der Waals surface area contributed by atoms with E-state index in [1.807, 2.05) is 25.1 Å². The first-order valence-electron chi connectivity index (χ1n) is 5.39. The molecule has 1 rings (SSSR count). The minimum absolute atomic E-state index is 0.564. The molecule has 0 saturated heterocycles. The predicted molar refractivity (Wildman–Crippen MR) is 72.1 cm³/mol. The van der Waals surface area contributed by atoms with E-state index in [-0.39, 0.29) is 0 Å². The van der Waals surface area contributed by atoms with Crippen LogP contribution in [-0.2, 0) is 0 Å². The van der Waals surface area contributed by atoms with Gasteiger partial charge in [0, 0.05) is 11.0 Å². The molecule has 0 aliphatic rings. The van der Waals surface area contributed by atoms with Crippen LogP contribution in [-0.4, -0.2) is 19.7 Å². The maximum atomic E-state index is 5.64. The maximum absolute atomic E-state index is 5.64. The van der Waals surface area contributed by atoms with Crippen LogP contribution in [0.5, 0.6) is 5.75 Å². The number of nitrogens with one attached hydrogen (secondary N) is 1. The quantitative estimate of drug-likeness (QED) is 0.809. The van der Waals surface area contributed by atoms with Crippen LogP contribution in [0, 0.1) is 6.92 Å². The molecular weight excluding hydrogens is 266 g/mol. The van der Waals surface area contributed by atoms with Crippen LogP contribution in [0.4, 0.5) is 0 Å². The van der Waals surface area contributed by atoms with E-state index in [0.29, 0.717) is 6.61 Å². The third-order valence-corrected chi connectivity index (χ3v) is 3.09. The fraction of sp³-hybridized carbons (Fsp3) is 0.385. The van der Waals surface area contributed by atoms with E-state index in [0.717, 1.165) is 28.9 Å². The van der Waals surface area contributed by atoms with Crippen LogP contribution in [0.2, 0.25) is 0 Å². The van der Waals surface area contributed by atoms with Gasteiger partial charge in [0.15, 0.2) is 0 Å². The van der Waals surface area contributed by atoms with E-state index in [1.165, 1.54) is 5.56 Å². The van der Waals surface area contributed by atoms with Gasteiger partial charge in [-0.05, 0) is 42.8 Å². The van der Waals surface area contributed by atoms with Crippen LogP contribution < -0.4 is 10.1 Å². The first-order chi connectivity index (χ1) is 7.63. The summed E-state index contributed by atoms with van der Waals surface area (Å²) in [5, 5.41) is 3.22. The summed E-state index contributed by atoms with van der Waals surface area (Å²) in [6, 6.07) is 5.97. The summed E-state index contributed by atoms with van der Waals surface area (Å²) in [4.78, 5) is 0. The van der Waals surface area contributed by atoms with Crippen molar-refractivity contribution in [1.82, 2.24) is 5.32 Å². The van der Waals surface area contributed by atoms with Crippen molar-refractivity contribution in [2.24, 2.45) is 0 Å². The van der Waals surface area contributed by atoms with E-state index < -0.39 is 0 Å². The molecule has 0 aliphatic heterocycles. The van der Waals surface area contributed by atoms with Crippen molar-refractivity contribution >= 4 is 15.9 Å². The second-order valence-corrected chi connectivity index (χ2v) is 4.58. The number of likely N-dealkylation sites (N-methyl/N-ethyl adjacent to an activating group) is 1. The van der Waals surface area contributed by atoms with Gasteiger partial charge in [-0.3, -0.25) is 0 Å². The Kier molecular flexibility index (Phi) is 5.56.